The molecular formula is C20H21ClN2O5. The minimum atomic E-state index is -0.552. The van der Waals surface area contributed by atoms with Crippen LogP contribution in [0.3, 0.4) is 0 Å². The van der Waals surface area contributed by atoms with Crippen molar-refractivity contribution in [3.05, 3.63) is 63.2 Å². The van der Waals surface area contributed by atoms with Gasteiger partial charge in [0.1, 0.15) is 5.75 Å². The first-order valence-corrected chi connectivity index (χ1v) is 9.48. The smallest absolute Gasteiger partial charge is 0.313 e. The molecule has 1 unspecified atom stereocenters. The third-order valence-corrected chi connectivity index (χ3v) is 4.80. The van der Waals surface area contributed by atoms with Crippen LogP contribution in [0.5, 0.6) is 11.5 Å². The lowest BCUT2D eigenvalue weighted by molar-refractivity contribution is -0.385. The van der Waals surface area contributed by atoms with E-state index in [4.69, 9.17) is 21.1 Å². The summed E-state index contributed by atoms with van der Waals surface area (Å²) in [5.74, 6) is 0.396. The van der Waals surface area contributed by atoms with E-state index in [1.165, 1.54) is 18.2 Å². The summed E-state index contributed by atoms with van der Waals surface area (Å²) in [6.45, 7) is 3.85. The van der Waals surface area contributed by atoms with Crippen LogP contribution in [0.1, 0.15) is 30.1 Å². The van der Waals surface area contributed by atoms with Crippen molar-refractivity contribution < 1.29 is 19.2 Å². The molecule has 148 valence electrons. The van der Waals surface area contributed by atoms with Crippen LogP contribution in [-0.4, -0.2) is 41.5 Å². The zero-order valence-corrected chi connectivity index (χ0v) is 16.2. The van der Waals surface area contributed by atoms with Gasteiger partial charge in [-0.25, -0.2) is 0 Å². The third-order valence-electron chi connectivity index (χ3n) is 4.56. The largest absolute Gasteiger partial charge is 0.450 e. The van der Waals surface area contributed by atoms with Crippen LogP contribution >= 0.6 is 11.6 Å². The number of carbonyl (C=O) groups is 1. The number of ether oxygens (including phenoxy) is 2. The fourth-order valence-electron chi connectivity index (χ4n) is 3.08. The van der Waals surface area contributed by atoms with Crippen molar-refractivity contribution in [2.24, 2.45) is 0 Å². The van der Waals surface area contributed by atoms with Gasteiger partial charge in [0.25, 0.3) is 5.91 Å². The summed E-state index contributed by atoms with van der Waals surface area (Å²) in [6.07, 6.45) is 2.09. The highest BCUT2D eigenvalue weighted by Crippen LogP contribution is 2.33. The van der Waals surface area contributed by atoms with Crippen LogP contribution < -0.4 is 4.74 Å². The summed E-state index contributed by atoms with van der Waals surface area (Å²) in [4.78, 5) is 25.1. The highest BCUT2D eigenvalue weighted by atomic mass is 35.5. The van der Waals surface area contributed by atoms with Crippen molar-refractivity contribution in [2.75, 3.05) is 19.7 Å². The van der Waals surface area contributed by atoms with Gasteiger partial charge in [-0.3, -0.25) is 14.9 Å². The first-order valence-electron chi connectivity index (χ1n) is 9.10. The zero-order valence-electron chi connectivity index (χ0n) is 15.5. The van der Waals surface area contributed by atoms with E-state index in [1.807, 2.05) is 6.92 Å². The first kappa shape index (κ1) is 20.1. The van der Waals surface area contributed by atoms with Crippen molar-refractivity contribution in [3.63, 3.8) is 0 Å². The molecule has 0 aliphatic carbocycles. The lowest BCUT2D eigenvalue weighted by Crippen LogP contribution is -2.37. The molecule has 2 aromatic rings. The second-order valence-corrected chi connectivity index (χ2v) is 6.91. The molecule has 0 spiro atoms. The van der Waals surface area contributed by atoms with Gasteiger partial charge in [0.05, 0.1) is 11.0 Å². The van der Waals surface area contributed by atoms with Crippen molar-refractivity contribution in [2.45, 2.75) is 25.9 Å². The molecule has 1 aliphatic rings. The van der Waals surface area contributed by atoms with Crippen LogP contribution in [0, 0.1) is 10.1 Å². The SMILES string of the molecule is CCN(CC1CCCO1)C(=O)c1ccc(Oc2ccc(Cl)cc2[N+](=O)[O-])cc1. The number of carbonyl (C=O) groups excluding carboxylic acids is 1. The molecule has 1 fully saturated rings. The fraction of sp³-hybridized carbons (Fsp3) is 0.350. The molecule has 0 bridgehead atoms. The van der Waals surface area contributed by atoms with E-state index in [-0.39, 0.29) is 28.5 Å². The predicted octanol–water partition coefficient (Wildman–Crippen LogP) is 4.68. The van der Waals surface area contributed by atoms with Crippen molar-refractivity contribution in [1.82, 2.24) is 4.90 Å². The van der Waals surface area contributed by atoms with Crippen molar-refractivity contribution >= 4 is 23.2 Å². The molecule has 28 heavy (non-hydrogen) atoms. The second-order valence-electron chi connectivity index (χ2n) is 6.47. The van der Waals surface area contributed by atoms with Crippen molar-refractivity contribution in [3.8, 4) is 11.5 Å². The Morgan fingerprint density at radius 3 is 2.68 bits per heavy atom. The summed E-state index contributed by atoms with van der Waals surface area (Å²) in [5, 5.41) is 11.4. The molecule has 1 heterocycles. The molecule has 2 aromatic carbocycles. The molecule has 3 rings (SSSR count). The van der Waals surface area contributed by atoms with E-state index in [0.29, 0.717) is 24.4 Å². The molecule has 1 aliphatic heterocycles. The first-order chi connectivity index (χ1) is 13.5. The van der Waals surface area contributed by atoms with Gasteiger partial charge in [0.2, 0.25) is 5.75 Å². The van der Waals surface area contributed by atoms with Crippen LogP contribution in [0.2, 0.25) is 5.02 Å². The van der Waals surface area contributed by atoms with Crippen LogP contribution in [0.4, 0.5) is 5.69 Å². The summed E-state index contributed by atoms with van der Waals surface area (Å²) < 4.78 is 11.2. The van der Waals surface area contributed by atoms with Crippen LogP contribution in [0.15, 0.2) is 42.5 Å². The molecular weight excluding hydrogens is 384 g/mol. The van der Waals surface area contributed by atoms with Crippen LogP contribution in [-0.2, 0) is 4.74 Å². The Morgan fingerprint density at radius 1 is 1.32 bits per heavy atom. The number of halogens is 1. The molecule has 0 saturated carbocycles. The van der Waals surface area contributed by atoms with Gasteiger partial charge in [0, 0.05) is 36.3 Å². The van der Waals surface area contributed by atoms with Gasteiger partial charge in [-0.05, 0) is 56.2 Å². The molecule has 0 radical (unpaired) electrons. The van der Waals surface area contributed by atoms with Gasteiger partial charge >= 0.3 is 5.69 Å². The van der Waals surface area contributed by atoms with Gasteiger partial charge in [-0.15, -0.1) is 0 Å². The standard InChI is InChI=1S/C20H21ClN2O5/c1-2-22(13-17-4-3-11-27-17)20(24)14-5-8-16(9-6-14)28-19-10-7-15(21)12-18(19)23(25)26/h5-10,12,17H,2-4,11,13H2,1H3. The Kier molecular flexibility index (Phi) is 6.49. The molecule has 0 aromatic heterocycles. The van der Waals surface area contributed by atoms with E-state index in [2.05, 4.69) is 0 Å². The number of nitro groups is 1. The zero-order chi connectivity index (χ0) is 20.1. The molecule has 1 atom stereocenters. The van der Waals surface area contributed by atoms with Gasteiger partial charge in [-0.2, -0.15) is 0 Å². The van der Waals surface area contributed by atoms with E-state index >= 15 is 0 Å². The lowest BCUT2D eigenvalue weighted by atomic mass is 10.1. The topological polar surface area (TPSA) is 81.9 Å². The minimum absolute atomic E-state index is 0.0815. The highest BCUT2D eigenvalue weighted by Gasteiger charge is 2.22. The Hall–Kier alpha value is -2.64. The number of benzene rings is 2. The monoisotopic (exact) mass is 404 g/mol. The minimum Gasteiger partial charge on any atom is -0.450 e. The molecule has 1 amide bonds. The number of hydrogen-bond acceptors (Lipinski definition) is 5. The predicted molar refractivity (Wildman–Crippen MR) is 105 cm³/mol. The summed E-state index contributed by atoms with van der Waals surface area (Å²) in [6, 6.07) is 10.7. The van der Waals surface area contributed by atoms with E-state index in [9.17, 15) is 14.9 Å². The Balaban J connectivity index is 1.71. The normalized spacial score (nSPS) is 16.0. The summed E-state index contributed by atoms with van der Waals surface area (Å²) >= 11 is 5.81. The summed E-state index contributed by atoms with van der Waals surface area (Å²) in [5.41, 5.74) is 0.305. The van der Waals surface area contributed by atoms with Gasteiger partial charge < -0.3 is 14.4 Å². The van der Waals surface area contributed by atoms with Gasteiger partial charge in [-0.1, -0.05) is 11.6 Å². The lowest BCUT2D eigenvalue weighted by Gasteiger charge is -2.24. The van der Waals surface area contributed by atoms with Gasteiger partial charge in [0.15, 0.2) is 0 Å². The average molecular weight is 405 g/mol. The van der Waals surface area contributed by atoms with E-state index < -0.39 is 4.92 Å². The Morgan fingerprint density at radius 2 is 2.07 bits per heavy atom. The summed E-state index contributed by atoms with van der Waals surface area (Å²) in [7, 11) is 0. The fourth-order valence-corrected chi connectivity index (χ4v) is 3.25. The van der Waals surface area contributed by atoms with Crippen LogP contribution in [0.25, 0.3) is 0 Å². The number of likely N-dealkylation sites (N-methyl/N-ethyl adjacent to an activating group) is 1. The third kappa shape index (κ3) is 4.79. The number of nitrogens with zero attached hydrogens (tertiary/aromatic N) is 2. The molecule has 0 N–H and O–H groups in total. The maximum atomic E-state index is 12.7. The maximum Gasteiger partial charge on any atom is 0.313 e. The number of amides is 1. The maximum absolute atomic E-state index is 12.7. The number of nitro benzene ring substituents is 1. The molecule has 7 nitrogen and oxygen atoms in total. The molecule has 8 heteroatoms. The van der Waals surface area contributed by atoms with Crippen molar-refractivity contribution in [1.29, 1.82) is 0 Å². The average Bonchev–Trinajstić information content (AvgIpc) is 3.20. The number of rotatable bonds is 7. The van der Waals surface area contributed by atoms with E-state index in [1.54, 1.807) is 29.2 Å². The quantitative estimate of drug-likeness (QED) is 0.494. The van der Waals surface area contributed by atoms with E-state index in [0.717, 1.165) is 19.4 Å². The Bertz CT molecular complexity index is 850. The number of hydrogen-bond donors (Lipinski definition) is 0. The highest BCUT2D eigenvalue weighted by molar-refractivity contribution is 6.30. The Labute approximate surface area is 168 Å². The second kappa shape index (κ2) is 9.03. The molecule has 1 saturated heterocycles.